The zero-order valence-corrected chi connectivity index (χ0v) is 18.1. The maximum absolute atomic E-state index is 6.48. The Bertz CT molecular complexity index is 1170. The van der Waals surface area contributed by atoms with Crippen LogP contribution in [0.3, 0.4) is 0 Å². The van der Waals surface area contributed by atoms with Gasteiger partial charge in [0.05, 0.1) is 16.0 Å². The van der Waals surface area contributed by atoms with E-state index in [1.165, 1.54) is 11.8 Å². The molecule has 0 N–H and O–H groups in total. The van der Waals surface area contributed by atoms with Crippen molar-refractivity contribution in [2.75, 3.05) is 0 Å². The molecule has 0 amide bonds. The largest absolute Gasteiger partial charge is 0.424 e. The molecular formula is C21H20ClN5OS. The van der Waals surface area contributed by atoms with Crippen LogP contribution in [-0.4, -0.2) is 25.0 Å². The molecule has 0 fully saturated rings. The number of hydrogen-bond donors (Lipinski definition) is 0. The SMILES string of the molecule is Cc1ccc(C)c(-n2c(SC(C)c3nnc(C)o3)nnc2-c2ccccc2Cl)c1. The van der Waals surface area contributed by atoms with Gasteiger partial charge in [0.2, 0.25) is 11.8 Å². The number of halogens is 1. The van der Waals surface area contributed by atoms with Gasteiger partial charge in [-0.05, 0) is 50.1 Å². The Morgan fingerprint density at radius 2 is 1.79 bits per heavy atom. The van der Waals surface area contributed by atoms with Crippen LogP contribution in [0.2, 0.25) is 5.02 Å². The highest BCUT2D eigenvalue weighted by molar-refractivity contribution is 7.99. The van der Waals surface area contributed by atoms with Gasteiger partial charge < -0.3 is 4.42 Å². The highest BCUT2D eigenvalue weighted by atomic mass is 35.5. The molecule has 6 nitrogen and oxygen atoms in total. The number of aryl methyl sites for hydroxylation is 3. The predicted molar refractivity (Wildman–Crippen MR) is 115 cm³/mol. The molecule has 29 heavy (non-hydrogen) atoms. The maximum Gasteiger partial charge on any atom is 0.229 e. The summed E-state index contributed by atoms with van der Waals surface area (Å²) in [6, 6.07) is 14.0. The highest BCUT2D eigenvalue weighted by Gasteiger charge is 2.23. The molecule has 8 heteroatoms. The van der Waals surface area contributed by atoms with Gasteiger partial charge in [0.15, 0.2) is 11.0 Å². The molecule has 1 atom stereocenters. The second-order valence-corrected chi connectivity index (χ2v) is 8.55. The summed E-state index contributed by atoms with van der Waals surface area (Å²) in [5.74, 6) is 1.79. The van der Waals surface area contributed by atoms with Crippen molar-refractivity contribution < 1.29 is 4.42 Å². The highest BCUT2D eigenvalue weighted by Crippen LogP contribution is 2.38. The van der Waals surface area contributed by atoms with Crippen molar-refractivity contribution in [1.82, 2.24) is 25.0 Å². The van der Waals surface area contributed by atoms with Crippen LogP contribution in [0, 0.1) is 20.8 Å². The lowest BCUT2D eigenvalue weighted by Crippen LogP contribution is -2.03. The third kappa shape index (κ3) is 3.93. The molecule has 0 saturated carbocycles. The van der Waals surface area contributed by atoms with Gasteiger partial charge in [-0.2, -0.15) is 0 Å². The van der Waals surface area contributed by atoms with E-state index >= 15 is 0 Å². The average Bonchev–Trinajstić information content (AvgIpc) is 3.30. The van der Waals surface area contributed by atoms with E-state index in [1.54, 1.807) is 6.92 Å². The van der Waals surface area contributed by atoms with Gasteiger partial charge in [-0.3, -0.25) is 4.57 Å². The number of rotatable bonds is 5. The summed E-state index contributed by atoms with van der Waals surface area (Å²) in [5.41, 5.74) is 4.12. The molecule has 0 saturated heterocycles. The average molecular weight is 426 g/mol. The molecule has 2 aromatic carbocycles. The first kappa shape index (κ1) is 19.7. The molecule has 2 heterocycles. The summed E-state index contributed by atoms with van der Waals surface area (Å²) < 4.78 is 7.64. The normalized spacial score (nSPS) is 12.3. The Morgan fingerprint density at radius 3 is 2.52 bits per heavy atom. The van der Waals surface area contributed by atoms with E-state index < -0.39 is 0 Å². The minimum Gasteiger partial charge on any atom is -0.424 e. The van der Waals surface area contributed by atoms with Crippen LogP contribution in [0.15, 0.2) is 52.0 Å². The Labute approximate surface area is 178 Å². The standard InChI is InChI=1S/C21H20ClN5OS/c1-12-9-10-13(2)18(11-12)27-19(16-7-5-6-8-17(16)22)24-26-21(27)29-14(3)20-25-23-15(4)28-20/h5-11,14H,1-4H3. The molecule has 1 unspecified atom stereocenters. The Balaban J connectivity index is 1.86. The van der Waals surface area contributed by atoms with E-state index in [0.717, 1.165) is 27.5 Å². The lowest BCUT2D eigenvalue weighted by atomic mass is 10.1. The van der Waals surface area contributed by atoms with Crippen molar-refractivity contribution in [2.45, 2.75) is 38.1 Å². The smallest absolute Gasteiger partial charge is 0.229 e. The van der Waals surface area contributed by atoms with Crippen molar-refractivity contribution in [3.8, 4) is 17.1 Å². The zero-order valence-electron chi connectivity index (χ0n) is 16.5. The number of nitrogens with zero attached hydrogens (tertiary/aromatic N) is 5. The quantitative estimate of drug-likeness (QED) is 0.379. The maximum atomic E-state index is 6.48. The molecule has 148 valence electrons. The fraction of sp³-hybridized carbons (Fsp3) is 0.238. The van der Waals surface area contributed by atoms with E-state index in [1.807, 2.05) is 35.8 Å². The zero-order chi connectivity index (χ0) is 20.5. The summed E-state index contributed by atoms with van der Waals surface area (Å²) in [4.78, 5) is 0. The van der Waals surface area contributed by atoms with Gasteiger partial charge in [-0.15, -0.1) is 20.4 Å². The van der Waals surface area contributed by atoms with Crippen LogP contribution >= 0.6 is 23.4 Å². The van der Waals surface area contributed by atoms with Crippen LogP contribution in [0.1, 0.15) is 35.1 Å². The van der Waals surface area contributed by atoms with E-state index in [-0.39, 0.29) is 5.25 Å². The molecule has 4 aromatic rings. The summed E-state index contributed by atoms with van der Waals surface area (Å²) in [7, 11) is 0. The first-order chi connectivity index (χ1) is 13.9. The van der Waals surface area contributed by atoms with Crippen LogP contribution in [-0.2, 0) is 0 Å². The lowest BCUT2D eigenvalue weighted by Gasteiger charge is -2.15. The van der Waals surface area contributed by atoms with Crippen LogP contribution in [0.4, 0.5) is 0 Å². The van der Waals surface area contributed by atoms with Crippen molar-refractivity contribution in [1.29, 1.82) is 0 Å². The van der Waals surface area contributed by atoms with Crippen LogP contribution in [0.25, 0.3) is 17.1 Å². The predicted octanol–water partition coefficient (Wildman–Crippen LogP) is 5.75. The van der Waals surface area contributed by atoms with Crippen molar-refractivity contribution in [2.24, 2.45) is 0 Å². The fourth-order valence-electron chi connectivity index (χ4n) is 3.03. The molecule has 4 rings (SSSR count). The van der Waals surface area contributed by atoms with Gasteiger partial charge in [-0.25, -0.2) is 0 Å². The van der Waals surface area contributed by atoms with Crippen LogP contribution in [0.5, 0.6) is 0 Å². The van der Waals surface area contributed by atoms with E-state index in [9.17, 15) is 0 Å². The minimum absolute atomic E-state index is 0.0802. The molecular weight excluding hydrogens is 406 g/mol. The summed E-state index contributed by atoms with van der Waals surface area (Å²) in [5, 5.41) is 18.3. The molecule has 0 aliphatic carbocycles. The van der Waals surface area contributed by atoms with E-state index in [4.69, 9.17) is 16.0 Å². The third-order valence-corrected chi connectivity index (χ3v) is 5.89. The molecule has 0 spiro atoms. The Hall–Kier alpha value is -2.64. The van der Waals surface area contributed by atoms with Crippen LogP contribution < -0.4 is 0 Å². The third-order valence-electron chi connectivity index (χ3n) is 4.53. The van der Waals surface area contributed by atoms with Gasteiger partial charge in [0.1, 0.15) is 0 Å². The fourth-order valence-corrected chi connectivity index (χ4v) is 4.14. The molecule has 0 aliphatic rings. The number of thioether (sulfide) groups is 1. The Kier molecular flexibility index (Phi) is 5.43. The first-order valence-corrected chi connectivity index (χ1v) is 10.4. The number of aromatic nitrogens is 5. The van der Waals surface area contributed by atoms with Crippen molar-refractivity contribution >= 4 is 23.4 Å². The van der Waals surface area contributed by atoms with E-state index in [2.05, 4.69) is 52.4 Å². The summed E-state index contributed by atoms with van der Waals surface area (Å²) in [6.45, 7) is 7.93. The molecule has 0 bridgehead atoms. The summed E-state index contributed by atoms with van der Waals surface area (Å²) >= 11 is 8.00. The second-order valence-electron chi connectivity index (χ2n) is 6.83. The monoisotopic (exact) mass is 425 g/mol. The Morgan fingerprint density at radius 1 is 1.00 bits per heavy atom. The van der Waals surface area contributed by atoms with Gasteiger partial charge in [0, 0.05) is 12.5 Å². The van der Waals surface area contributed by atoms with Gasteiger partial charge >= 0.3 is 0 Å². The second kappa shape index (κ2) is 8.00. The number of hydrogen-bond acceptors (Lipinski definition) is 6. The minimum atomic E-state index is -0.0802. The molecule has 0 aliphatic heterocycles. The van der Waals surface area contributed by atoms with Gasteiger partial charge in [0.25, 0.3) is 0 Å². The molecule has 0 radical (unpaired) electrons. The number of benzene rings is 2. The topological polar surface area (TPSA) is 69.6 Å². The lowest BCUT2D eigenvalue weighted by molar-refractivity contribution is 0.470. The van der Waals surface area contributed by atoms with E-state index in [0.29, 0.717) is 22.6 Å². The van der Waals surface area contributed by atoms with Crippen molar-refractivity contribution in [3.05, 3.63) is 70.4 Å². The first-order valence-electron chi connectivity index (χ1n) is 9.18. The summed E-state index contributed by atoms with van der Waals surface area (Å²) in [6.07, 6.45) is 0. The van der Waals surface area contributed by atoms with Gasteiger partial charge in [-0.1, -0.05) is 47.6 Å². The molecule has 2 aromatic heterocycles. The van der Waals surface area contributed by atoms with Crippen molar-refractivity contribution in [3.63, 3.8) is 0 Å².